The van der Waals surface area contributed by atoms with E-state index in [0.717, 1.165) is 38.3 Å². The van der Waals surface area contributed by atoms with Crippen molar-refractivity contribution in [2.24, 2.45) is 5.92 Å². The fourth-order valence-electron chi connectivity index (χ4n) is 3.95. The van der Waals surface area contributed by atoms with Crippen LogP contribution >= 0.6 is 11.6 Å². The molecule has 3 heterocycles. The minimum atomic E-state index is -0.336. The first-order valence-corrected chi connectivity index (χ1v) is 10.2. The predicted octanol–water partition coefficient (Wildman–Crippen LogP) is 3.78. The summed E-state index contributed by atoms with van der Waals surface area (Å²) in [6, 6.07) is 3.90. The van der Waals surface area contributed by atoms with Crippen molar-refractivity contribution in [1.29, 1.82) is 0 Å². The molecule has 144 valence electrons. The molecule has 27 heavy (non-hydrogen) atoms. The lowest BCUT2D eigenvalue weighted by Gasteiger charge is -2.22. The first-order chi connectivity index (χ1) is 13.2. The predicted molar refractivity (Wildman–Crippen MR) is 106 cm³/mol. The summed E-state index contributed by atoms with van der Waals surface area (Å²) >= 11 is 6.31. The third-order valence-electron chi connectivity index (χ3n) is 5.54. The van der Waals surface area contributed by atoms with Crippen LogP contribution in [0.15, 0.2) is 29.3 Å². The fraction of sp³-hybridized carbons (Fsp3) is 0.550. The van der Waals surface area contributed by atoms with Crippen LogP contribution < -0.4 is 10.9 Å². The number of aromatic nitrogens is 3. The lowest BCUT2D eigenvalue weighted by Crippen LogP contribution is -2.27. The van der Waals surface area contributed by atoms with Gasteiger partial charge in [-0.3, -0.25) is 9.78 Å². The summed E-state index contributed by atoms with van der Waals surface area (Å²) in [6.07, 6.45) is 10.4. The second-order valence-electron chi connectivity index (χ2n) is 7.48. The van der Waals surface area contributed by atoms with Crippen LogP contribution in [-0.4, -0.2) is 34.5 Å². The molecule has 0 bridgehead atoms. The van der Waals surface area contributed by atoms with Gasteiger partial charge in [0.15, 0.2) is 0 Å². The van der Waals surface area contributed by atoms with Crippen molar-refractivity contribution in [3.8, 4) is 5.69 Å². The third kappa shape index (κ3) is 4.17. The maximum atomic E-state index is 12.7. The van der Waals surface area contributed by atoms with Crippen LogP contribution in [0, 0.1) is 5.92 Å². The van der Waals surface area contributed by atoms with Crippen molar-refractivity contribution in [3.63, 3.8) is 0 Å². The van der Waals surface area contributed by atoms with Gasteiger partial charge in [0.25, 0.3) is 5.56 Å². The summed E-state index contributed by atoms with van der Waals surface area (Å²) in [5.74, 6) is 0.979. The number of rotatable bonds is 5. The van der Waals surface area contributed by atoms with Crippen molar-refractivity contribution in [3.05, 3.63) is 45.6 Å². The molecule has 2 fully saturated rings. The van der Waals surface area contributed by atoms with Crippen LogP contribution in [0.4, 0.5) is 5.69 Å². The highest BCUT2D eigenvalue weighted by molar-refractivity contribution is 6.32. The quantitative estimate of drug-likeness (QED) is 0.844. The maximum absolute atomic E-state index is 12.7. The monoisotopic (exact) mass is 388 g/mol. The van der Waals surface area contributed by atoms with Crippen molar-refractivity contribution in [2.45, 2.75) is 44.4 Å². The van der Waals surface area contributed by atoms with Gasteiger partial charge in [-0.05, 0) is 43.7 Å². The smallest absolute Gasteiger partial charge is 0.292 e. The molecule has 4 rings (SSSR count). The van der Waals surface area contributed by atoms with E-state index in [2.05, 4.69) is 15.4 Å². The highest BCUT2D eigenvalue weighted by Gasteiger charge is 2.19. The molecule has 2 aromatic rings. The van der Waals surface area contributed by atoms with E-state index in [-0.39, 0.29) is 10.6 Å². The van der Waals surface area contributed by atoms with Gasteiger partial charge < -0.3 is 10.1 Å². The van der Waals surface area contributed by atoms with E-state index in [1.54, 1.807) is 12.4 Å². The maximum Gasteiger partial charge on any atom is 0.292 e. The zero-order valence-electron chi connectivity index (χ0n) is 15.4. The first kappa shape index (κ1) is 18.4. The Labute approximate surface area is 163 Å². The Morgan fingerprint density at radius 1 is 1.19 bits per heavy atom. The van der Waals surface area contributed by atoms with Crippen LogP contribution in [0.2, 0.25) is 5.02 Å². The molecule has 1 atom stereocenters. The molecule has 1 unspecified atom stereocenters. The first-order valence-electron chi connectivity index (χ1n) is 9.78. The molecular formula is C20H25ClN4O2. The fourth-order valence-corrected chi connectivity index (χ4v) is 4.14. The summed E-state index contributed by atoms with van der Waals surface area (Å²) in [4.78, 5) is 17.2. The Kier molecular flexibility index (Phi) is 5.74. The van der Waals surface area contributed by atoms with Crippen molar-refractivity contribution in [2.75, 3.05) is 25.1 Å². The number of hydrogen-bond donors (Lipinski definition) is 1. The van der Waals surface area contributed by atoms with E-state index < -0.39 is 0 Å². The molecule has 2 aromatic heterocycles. The number of nitrogens with zero attached hydrogens (tertiary/aromatic N) is 3. The number of ether oxygens (including phenoxy) is 1. The SMILES string of the molecule is O=c1c(Cl)c(NCC2CCCOC2)cnn1-c1ccc(C2CCCC2)nc1. The van der Waals surface area contributed by atoms with Crippen molar-refractivity contribution in [1.82, 2.24) is 14.8 Å². The molecule has 0 amide bonds. The lowest BCUT2D eigenvalue weighted by atomic mass is 10.0. The number of hydrogen-bond acceptors (Lipinski definition) is 5. The summed E-state index contributed by atoms with van der Waals surface area (Å²) in [6.45, 7) is 2.30. The summed E-state index contributed by atoms with van der Waals surface area (Å²) in [7, 11) is 0. The summed E-state index contributed by atoms with van der Waals surface area (Å²) in [5.41, 5.74) is 1.97. The second-order valence-corrected chi connectivity index (χ2v) is 7.85. The molecule has 0 aromatic carbocycles. The Bertz CT molecular complexity index is 825. The van der Waals surface area contributed by atoms with E-state index >= 15 is 0 Å². The lowest BCUT2D eigenvalue weighted by molar-refractivity contribution is 0.0595. The van der Waals surface area contributed by atoms with Gasteiger partial charge in [-0.25, -0.2) is 0 Å². The van der Waals surface area contributed by atoms with E-state index in [1.807, 2.05) is 12.1 Å². The van der Waals surface area contributed by atoms with Gasteiger partial charge in [-0.2, -0.15) is 9.78 Å². The van der Waals surface area contributed by atoms with Crippen LogP contribution in [0.5, 0.6) is 0 Å². The van der Waals surface area contributed by atoms with Crippen LogP contribution in [0.25, 0.3) is 5.69 Å². The largest absolute Gasteiger partial charge is 0.382 e. The normalized spacial score (nSPS) is 20.7. The Morgan fingerprint density at radius 2 is 2.04 bits per heavy atom. The zero-order chi connectivity index (χ0) is 18.6. The average molecular weight is 389 g/mol. The van der Waals surface area contributed by atoms with Gasteiger partial charge in [-0.15, -0.1) is 0 Å². The Balaban J connectivity index is 1.48. The summed E-state index contributed by atoms with van der Waals surface area (Å²) in [5, 5.41) is 7.69. The molecule has 1 saturated heterocycles. The molecule has 6 nitrogen and oxygen atoms in total. The van der Waals surface area contributed by atoms with E-state index in [4.69, 9.17) is 16.3 Å². The average Bonchev–Trinajstić information content (AvgIpc) is 3.25. The molecule has 0 radical (unpaired) electrons. The van der Waals surface area contributed by atoms with E-state index in [0.29, 0.717) is 23.2 Å². The molecule has 0 spiro atoms. The number of anilines is 1. The molecule has 1 aliphatic heterocycles. The summed E-state index contributed by atoms with van der Waals surface area (Å²) < 4.78 is 6.79. The van der Waals surface area contributed by atoms with Crippen molar-refractivity contribution < 1.29 is 4.74 Å². The third-order valence-corrected chi connectivity index (χ3v) is 5.91. The zero-order valence-corrected chi connectivity index (χ0v) is 16.1. The highest BCUT2D eigenvalue weighted by Crippen LogP contribution is 2.33. The van der Waals surface area contributed by atoms with E-state index in [9.17, 15) is 4.79 Å². The number of nitrogens with one attached hydrogen (secondary N) is 1. The van der Waals surface area contributed by atoms with Crippen LogP contribution in [0.1, 0.15) is 50.1 Å². The Hall–Kier alpha value is -1.92. The molecule has 1 saturated carbocycles. The van der Waals surface area contributed by atoms with E-state index in [1.165, 1.54) is 30.4 Å². The van der Waals surface area contributed by atoms with Gasteiger partial charge in [0.1, 0.15) is 5.02 Å². The minimum absolute atomic E-state index is 0.154. The highest BCUT2D eigenvalue weighted by atomic mass is 35.5. The van der Waals surface area contributed by atoms with Gasteiger partial charge >= 0.3 is 0 Å². The molecule has 7 heteroatoms. The van der Waals surface area contributed by atoms with Gasteiger partial charge in [-0.1, -0.05) is 24.4 Å². The van der Waals surface area contributed by atoms with Gasteiger partial charge in [0.05, 0.1) is 30.4 Å². The van der Waals surface area contributed by atoms with Crippen LogP contribution in [0.3, 0.4) is 0 Å². The second kappa shape index (κ2) is 8.40. The van der Waals surface area contributed by atoms with Gasteiger partial charge in [0.2, 0.25) is 0 Å². The molecular weight excluding hydrogens is 364 g/mol. The minimum Gasteiger partial charge on any atom is -0.382 e. The molecule has 1 aliphatic carbocycles. The molecule has 2 aliphatic rings. The van der Waals surface area contributed by atoms with Crippen LogP contribution in [-0.2, 0) is 4.74 Å². The van der Waals surface area contributed by atoms with Crippen molar-refractivity contribution >= 4 is 17.3 Å². The van der Waals surface area contributed by atoms with Gasteiger partial charge in [0, 0.05) is 24.8 Å². The Morgan fingerprint density at radius 3 is 2.74 bits per heavy atom. The standard InChI is InChI=1S/C20H25ClN4O2/c21-19-18(22-10-14-4-3-9-27-13-14)12-24-25(20(19)26)16-7-8-17(23-11-16)15-5-1-2-6-15/h7-8,11-12,14-15,22H,1-6,9-10,13H2. The number of halogens is 1. The number of pyridine rings is 1. The topological polar surface area (TPSA) is 69.0 Å². The molecule has 1 N–H and O–H groups in total.